The Balaban J connectivity index is 1.97. The molecule has 2 atom stereocenters. The Morgan fingerprint density at radius 2 is 2.24 bits per heavy atom. The molecule has 2 aromatic carbocycles. The molecule has 132 valence electrons. The highest BCUT2D eigenvalue weighted by Crippen LogP contribution is 2.39. The van der Waals surface area contributed by atoms with Crippen molar-refractivity contribution in [3.63, 3.8) is 0 Å². The van der Waals surface area contributed by atoms with Crippen molar-refractivity contribution in [1.82, 2.24) is 9.78 Å². The van der Waals surface area contributed by atoms with Crippen molar-refractivity contribution in [3.8, 4) is 0 Å². The molecule has 5 nitrogen and oxygen atoms in total. The summed E-state index contributed by atoms with van der Waals surface area (Å²) in [7, 11) is 0. The van der Waals surface area contributed by atoms with Gasteiger partial charge in [0.1, 0.15) is 11.9 Å². The molecule has 1 fully saturated rings. The Kier molecular flexibility index (Phi) is 4.37. The number of nitrogens with zero attached hydrogens (tertiary/aromatic N) is 2. The van der Waals surface area contributed by atoms with E-state index in [1.54, 1.807) is 12.3 Å². The van der Waals surface area contributed by atoms with Crippen molar-refractivity contribution in [3.05, 3.63) is 40.8 Å². The predicted octanol–water partition coefficient (Wildman–Crippen LogP) is 3.71. The molecule has 25 heavy (non-hydrogen) atoms. The minimum absolute atomic E-state index is 0.00793. The van der Waals surface area contributed by atoms with Crippen LogP contribution < -0.4 is 0 Å². The number of aliphatic hydroxyl groups excluding tert-OH is 2. The van der Waals surface area contributed by atoms with Gasteiger partial charge in [-0.15, -0.1) is 0 Å². The van der Waals surface area contributed by atoms with E-state index in [1.807, 2.05) is 10.7 Å². The fourth-order valence-electron chi connectivity index (χ4n) is 3.51. The molecule has 0 radical (unpaired) electrons. The van der Waals surface area contributed by atoms with Crippen LogP contribution in [0.2, 0.25) is 5.02 Å². The summed E-state index contributed by atoms with van der Waals surface area (Å²) < 4.78 is 21.9. The maximum absolute atomic E-state index is 14.3. The quantitative estimate of drug-likeness (QED) is 0.743. The van der Waals surface area contributed by atoms with Crippen LogP contribution in [0.3, 0.4) is 0 Å². The summed E-state index contributed by atoms with van der Waals surface area (Å²) in [5, 5.41) is 25.8. The third-order valence-corrected chi connectivity index (χ3v) is 5.13. The van der Waals surface area contributed by atoms with Crippen LogP contribution in [-0.4, -0.2) is 33.2 Å². The molecule has 2 unspecified atom stereocenters. The normalized spacial score (nSPS) is 19.6. The summed E-state index contributed by atoms with van der Waals surface area (Å²) in [4.78, 5) is 0. The summed E-state index contributed by atoms with van der Waals surface area (Å²) in [6.07, 6.45) is 3.16. The number of benzene rings is 2. The maximum atomic E-state index is 14.3. The van der Waals surface area contributed by atoms with Crippen LogP contribution in [0, 0.1) is 5.82 Å². The number of aromatic nitrogens is 2. The second kappa shape index (κ2) is 6.53. The minimum Gasteiger partial charge on any atom is -0.393 e. The number of fused-ring (bicyclic) bond motifs is 2. The minimum atomic E-state index is -1.34. The summed E-state index contributed by atoms with van der Waals surface area (Å²) >= 11 is 6.55. The number of rotatable bonds is 3. The lowest BCUT2D eigenvalue weighted by Crippen LogP contribution is -2.18. The van der Waals surface area contributed by atoms with E-state index >= 15 is 0 Å². The molecule has 1 aromatic heterocycles. The topological polar surface area (TPSA) is 67.5 Å². The third-order valence-electron chi connectivity index (χ3n) is 4.74. The Bertz CT molecular complexity index is 937. The van der Waals surface area contributed by atoms with Gasteiger partial charge in [0.25, 0.3) is 0 Å². The van der Waals surface area contributed by atoms with Crippen LogP contribution in [-0.2, 0) is 4.74 Å². The average molecular weight is 365 g/mol. The Hall–Kier alpha value is -1.73. The Labute approximate surface area is 148 Å². The van der Waals surface area contributed by atoms with E-state index < -0.39 is 18.5 Å². The largest absolute Gasteiger partial charge is 0.393 e. The fourth-order valence-corrected chi connectivity index (χ4v) is 3.86. The molecule has 0 spiro atoms. The van der Waals surface area contributed by atoms with Crippen molar-refractivity contribution in [1.29, 1.82) is 0 Å². The molecular weight excluding hydrogens is 347 g/mol. The van der Waals surface area contributed by atoms with Gasteiger partial charge in [-0.1, -0.05) is 17.7 Å². The van der Waals surface area contributed by atoms with E-state index in [0.29, 0.717) is 27.8 Å². The van der Waals surface area contributed by atoms with Crippen molar-refractivity contribution < 1.29 is 19.3 Å². The lowest BCUT2D eigenvalue weighted by Gasteiger charge is -2.23. The molecule has 1 aliphatic heterocycles. The number of hydrogen-bond acceptors (Lipinski definition) is 4. The monoisotopic (exact) mass is 364 g/mol. The Morgan fingerprint density at radius 1 is 1.40 bits per heavy atom. The maximum Gasteiger partial charge on any atom is 0.150 e. The van der Waals surface area contributed by atoms with E-state index in [-0.39, 0.29) is 11.8 Å². The van der Waals surface area contributed by atoms with Crippen LogP contribution in [0.4, 0.5) is 4.39 Å². The first-order valence-electron chi connectivity index (χ1n) is 8.30. The zero-order valence-electron chi connectivity index (χ0n) is 13.5. The summed E-state index contributed by atoms with van der Waals surface area (Å²) in [6, 6.07) is 4.76. The zero-order valence-corrected chi connectivity index (χ0v) is 14.2. The molecule has 0 aliphatic carbocycles. The number of ether oxygens (including phenoxy) is 1. The highest BCUT2D eigenvalue weighted by atomic mass is 35.5. The highest BCUT2D eigenvalue weighted by molar-refractivity contribution is 6.41. The first-order chi connectivity index (χ1) is 12.1. The molecule has 0 amide bonds. The van der Waals surface area contributed by atoms with E-state index in [1.165, 1.54) is 6.07 Å². The molecule has 3 aromatic rings. The van der Waals surface area contributed by atoms with E-state index in [2.05, 4.69) is 5.10 Å². The molecule has 1 aliphatic rings. The van der Waals surface area contributed by atoms with E-state index in [4.69, 9.17) is 16.3 Å². The van der Waals surface area contributed by atoms with Crippen molar-refractivity contribution in [2.24, 2.45) is 0 Å². The van der Waals surface area contributed by atoms with Gasteiger partial charge < -0.3 is 14.9 Å². The highest BCUT2D eigenvalue weighted by Gasteiger charge is 2.23. The van der Waals surface area contributed by atoms with Gasteiger partial charge in [-0.2, -0.15) is 5.10 Å². The molecule has 1 saturated heterocycles. The van der Waals surface area contributed by atoms with Gasteiger partial charge in [0.2, 0.25) is 0 Å². The molecule has 2 N–H and O–H groups in total. The third kappa shape index (κ3) is 2.69. The predicted molar refractivity (Wildman–Crippen MR) is 93.1 cm³/mol. The van der Waals surface area contributed by atoms with Gasteiger partial charge in [-0.05, 0) is 36.8 Å². The molecule has 0 bridgehead atoms. The standard InChI is InChI=1S/C18H18ClFN2O3/c19-18-11-8-21-22(15-3-1-2-6-25-15)13(11)7-10-4-5-12(20)17(16(10)18)14(24)9-23/h4-5,7-8,14-15,23-24H,1-3,6,9H2. The SMILES string of the molecule is OCC(O)c1c(F)ccc2cc3c(cnn3C3CCCCO3)c(Cl)c12. The fraction of sp³-hybridized carbons (Fsp3) is 0.389. The van der Waals surface area contributed by atoms with Crippen LogP contribution in [0.25, 0.3) is 21.7 Å². The van der Waals surface area contributed by atoms with Gasteiger partial charge >= 0.3 is 0 Å². The van der Waals surface area contributed by atoms with Crippen LogP contribution >= 0.6 is 11.6 Å². The number of aliphatic hydroxyl groups is 2. The lowest BCUT2D eigenvalue weighted by molar-refractivity contribution is -0.0366. The molecule has 2 heterocycles. The number of halogens is 2. The number of hydrogen-bond donors (Lipinski definition) is 2. The smallest absolute Gasteiger partial charge is 0.150 e. The molecule has 0 saturated carbocycles. The van der Waals surface area contributed by atoms with Crippen molar-refractivity contribution in [2.45, 2.75) is 31.6 Å². The van der Waals surface area contributed by atoms with Crippen LogP contribution in [0.5, 0.6) is 0 Å². The van der Waals surface area contributed by atoms with Crippen molar-refractivity contribution >= 4 is 33.3 Å². The lowest BCUT2D eigenvalue weighted by atomic mass is 9.98. The molecular formula is C18H18ClFN2O3. The second-order valence-electron chi connectivity index (χ2n) is 6.29. The molecule has 7 heteroatoms. The van der Waals surface area contributed by atoms with Gasteiger partial charge in [-0.25, -0.2) is 9.07 Å². The zero-order chi connectivity index (χ0) is 17.6. The van der Waals surface area contributed by atoms with Crippen molar-refractivity contribution in [2.75, 3.05) is 13.2 Å². The first-order valence-corrected chi connectivity index (χ1v) is 8.68. The summed E-state index contributed by atoms with van der Waals surface area (Å²) in [6.45, 7) is 0.116. The van der Waals surface area contributed by atoms with Gasteiger partial charge in [0.15, 0.2) is 6.23 Å². The van der Waals surface area contributed by atoms with Gasteiger partial charge in [0, 0.05) is 22.9 Å². The van der Waals surface area contributed by atoms with Crippen LogP contribution in [0.1, 0.15) is 37.2 Å². The first kappa shape index (κ1) is 16.7. The summed E-state index contributed by atoms with van der Waals surface area (Å²) in [5.41, 5.74) is 0.814. The summed E-state index contributed by atoms with van der Waals surface area (Å²) in [5.74, 6) is -0.599. The second-order valence-corrected chi connectivity index (χ2v) is 6.67. The molecule has 4 rings (SSSR count). The van der Waals surface area contributed by atoms with Gasteiger partial charge in [-0.3, -0.25) is 0 Å². The Morgan fingerprint density at radius 3 is 2.96 bits per heavy atom. The van der Waals surface area contributed by atoms with Gasteiger partial charge in [0.05, 0.1) is 23.3 Å². The van der Waals surface area contributed by atoms with E-state index in [0.717, 1.165) is 24.8 Å². The van der Waals surface area contributed by atoms with E-state index in [9.17, 15) is 14.6 Å². The van der Waals surface area contributed by atoms with Crippen LogP contribution in [0.15, 0.2) is 24.4 Å². The average Bonchev–Trinajstić information content (AvgIpc) is 3.06.